The molecule has 1 aliphatic heterocycles. The summed E-state index contributed by atoms with van der Waals surface area (Å²) in [6.45, 7) is 5.39. The second-order valence-electron chi connectivity index (χ2n) is 6.40. The van der Waals surface area contributed by atoms with Crippen molar-refractivity contribution in [2.24, 2.45) is 5.41 Å². The third-order valence-electron chi connectivity index (χ3n) is 5.29. The van der Waals surface area contributed by atoms with E-state index in [1.54, 1.807) is 0 Å². The highest BCUT2D eigenvalue weighted by Crippen LogP contribution is 2.50. The lowest BCUT2D eigenvalue weighted by Gasteiger charge is -2.26. The van der Waals surface area contributed by atoms with E-state index in [1.165, 1.54) is 32.1 Å². The van der Waals surface area contributed by atoms with Crippen LogP contribution in [-0.4, -0.2) is 29.1 Å². The van der Waals surface area contributed by atoms with Crippen molar-refractivity contribution in [2.75, 3.05) is 6.54 Å². The van der Waals surface area contributed by atoms with Gasteiger partial charge in [-0.15, -0.1) is 0 Å². The lowest BCUT2D eigenvalue weighted by atomic mass is 9.97. The van der Waals surface area contributed by atoms with Crippen LogP contribution in [0, 0.1) is 5.41 Å². The number of amides is 1. The minimum atomic E-state index is -0.177. The lowest BCUT2D eigenvalue weighted by molar-refractivity contribution is -0.133. The van der Waals surface area contributed by atoms with Crippen LogP contribution in [0.4, 0.5) is 0 Å². The molecular formula is C14H24N2O. The van der Waals surface area contributed by atoms with Gasteiger partial charge in [0.2, 0.25) is 5.91 Å². The molecule has 1 atom stereocenters. The van der Waals surface area contributed by atoms with Gasteiger partial charge in [0, 0.05) is 6.54 Å². The molecule has 0 bridgehead atoms. The van der Waals surface area contributed by atoms with Gasteiger partial charge in [0.25, 0.3) is 0 Å². The van der Waals surface area contributed by atoms with Crippen LogP contribution in [0.25, 0.3) is 0 Å². The van der Waals surface area contributed by atoms with Crippen LogP contribution in [0.1, 0.15) is 58.8 Å². The van der Waals surface area contributed by atoms with Crippen LogP contribution in [-0.2, 0) is 4.79 Å². The average molecular weight is 236 g/mol. The molecule has 1 heterocycles. The summed E-state index contributed by atoms with van der Waals surface area (Å²) in [6, 6.07) is 0. The van der Waals surface area contributed by atoms with Gasteiger partial charge < -0.3 is 4.90 Å². The molecule has 3 heteroatoms. The topological polar surface area (TPSA) is 32.3 Å². The van der Waals surface area contributed by atoms with E-state index < -0.39 is 0 Å². The van der Waals surface area contributed by atoms with Gasteiger partial charge in [0.1, 0.15) is 0 Å². The molecule has 3 rings (SSSR count). The number of carbonyl (C=O) groups excluding carboxylic acids is 1. The molecule has 3 aliphatic rings. The minimum absolute atomic E-state index is 0.177. The van der Waals surface area contributed by atoms with Gasteiger partial charge in [0.15, 0.2) is 0 Å². The van der Waals surface area contributed by atoms with Crippen LogP contribution in [0.15, 0.2) is 0 Å². The molecule has 17 heavy (non-hydrogen) atoms. The Morgan fingerprint density at radius 1 is 1.29 bits per heavy atom. The van der Waals surface area contributed by atoms with Crippen molar-refractivity contribution in [3.63, 3.8) is 0 Å². The van der Waals surface area contributed by atoms with Crippen molar-refractivity contribution in [2.45, 2.75) is 70.5 Å². The van der Waals surface area contributed by atoms with Crippen molar-refractivity contribution >= 4 is 5.91 Å². The number of nitrogens with zero attached hydrogens (tertiary/aromatic N) is 1. The summed E-state index contributed by atoms with van der Waals surface area (Å²) in [4.78, 5) is 14.8. The molecule has 1 spiro atoms. The number of rotatable bonds is 3. The molecular weight excluding hydrogens is 212 g/mol. The quantitative estimate of drug-likeness (QED) is 0.815. The van der Waals surface area contributed by atoms with Gasteiger partial charge in [-0.1, -0.05) is 19.8 Å². The standard InChI is InChI=1S/C14H24N2O/c1-3-13(8-9-13)10-16-11(2)15-14(12(16)17)6-4-5-7-14/h11,15H,3-10H2,1-2H3. The van der Waals surface area contributed by atoms with E-state index in [0.717, 1.165) is 19.4 Å². The summed E-state index contributed by atoms with van der Waals surface area (Å²) in [5, 5.41) is 3.58. The zero-order valence-corrected chi connectivity index (χ0v) is 11.1. The molecule has 2 saturated carbocycles. The van der Waals surface area contributed by atoms with Gasteiger partial charge in [-0.2, -0.15) is 0 Å². The summed E-state index contributed by atoms with van der Waals surface area (Å²) >= 11 is 0. The fourth-order valence-electron chi connectivity index (χ4n) is 3.70. The zero-order chi connectivity index (χ0) is 12.1. The third kappa shape index (κ3) is 1.70. The molecule has 0 aromatic carbocycles. The number of hydrogen-bond donors (Lipinski definition) is 1. The number of carbonyl (C=O) groups is 1. The second-order valence-corrected chi connectivity index (χ2v) is 6.40. The molecule has 3 nitrogen and oxygen atoms in total. The average Bonchev–Trinajstić information content (AvgIpc) is 2.89. The van der Waals surface area contributed by atoms with E-state index in [2.05, 4.69) is 24.1 Å². The maximum absolute atomic E-state index is 12.6. The van der Waals surface area contributed by atoms with Gasteiger partial charge >= 0.3 is 0 Å². The Morgan fingerprint density at radius 2 is 1.94 bits per heavy atom. The van der Waals surface area contributed by atoms with Crippen LogP contribution in [0.2, 0.25) is 0 Å². The van der Waals surface area contributed by atoms with Crippen molar-refractivity contribution in [3.8, 4) is 0 Å². The number of hydrogen-bond acceptors (Lipinski definition) is 2. The van der Waals surface area contributed by atoms with E-state index >= 15 is 0 Å². The highest BCUT2D eigenvalue weighted by Gasteiger charge is 2.54. The first kappa shape index (κ1) is 11.5. The van der Waals surface area contributed by atoms with E-state index in [-0.39, 0.29) is 11.7 Å². The van der Waals surface area contributed by atoms with Crippen molar-refractivity contribution < 1.29 is 4.79 Å². The molecule has 0 aromatic rings. The summed E-state index contributed by atoms with van der Waals surface area (Å²) < 4.78 is 0. The Balaban J connectivity index is 1.75. The highest BCUT2D eigenvalue weighted by atomic mass is 16.2. The summed E-state index contributed by atoms with van der Waals surface area (Å²) in [5.41, 5.74) is 0.291. The predicted molar refractivity (Wildman–Crippen MR) is 67.5 cm³/mol. The first-order valence-electron chi connectivity index (χ1n) is 7.20. The zero-order valence-electron chi connectivity index (χ0n) is 11.1. The molecule has 3 fully saturated rings. The van der Waals surface area contributed by atoms with E-state index in [9.17, 15) is 4.79 Å². The van der Waals surface area contributed by atoms with E-state index in [1.807, 2.05) is 0 Å². The fourth-order valence-corrected chi connectivity index (χ4v) is 3.70. The minimum Gasteiger partial charge on any atom is -0.325 e. The van der Waals surface area contributed by atoms with Gasteiger partial charge in [-0.25, -0.2) is 0 Å². The Hall–Kier alpha value is -0.570. The third-order valence-corrected chi connectivity index (χ3v) is 5.29. The molecule has 1 N–H and O–H groups in total. The maximum atomic E-state index is 12.6. The normalized spacial score (nSPS) is 33.6. The lowest BCUT2D eigenvalue weighted by Crippen LogP contribution is -2.44. The first-order chi connectivity index (χ1) is 8.11. The predicted octanol–water partition coefficient (Wildman–Crippen LogP) is 2.27. The van der Waals surface area contributed by atoms with E-state index in [0.29, 0.717) is 11.3 Å². The van der Waals surface area contributed by atoms with Crippen molar-refractivity contribution in [1.29, 1.82) is 0 Å². The molecule has 2 aliphatic carbocycles. The Kier molecular flexibility index (Phi) is 2.51. The molecule has 1 unspecified atom stereocenters. The maximum Gasteiger partial charge on any atom is 0.244 e. The summed E-state index contributed by atoms with van der Waals surface area (Å²) in [6.07, 6.45) is 8.59. The van der Waals surface area contributed by atoms with Crippen molar-refractivity contribution in [1.82, 2.24) is 10.2 Å². The van der Waals surface area contributed by atoms with Crippen LogP contribution in [0.5, 0.6) is 0 Å². The molecule has 96 valence electrons. The summed E-state index contributed by atoms with van der Waals surface area (Å²) in [5.74, 6) is 0.391. The number of nitrogens with one attached hydrogen (secondary N) is 1. The van der Waals surface area contributed by atoms with E-state index in [4.69, 9.17) is 0 Å². The fraction of sp³-hybridized carbons (Fsp3) is 0.929. The molecule has 0 radical (unpaired) electrons. The Morgan fingerprint density at radius 3 is 2.47 bits per heavy atom. The Bertz CT molecular complexity index is 329. The Labute approximate surface area is 104 Å². The monoisotopic (exact) mass is 236 g/mol. The largest absolute Gasteiger partial charge is 0.325 e. The molecule has 1 saturated heterocycles. The van der Waals surface area contributed by atoms with Crippen molar-refractivity contribution in [3.05, 3.63) is 0 Å². The van der Waals surface area contributed by atoms with Crippen LogP contribution < -0.4 is 5.32 Å². The SMILES string of the molecule is CCC1(CN2C(=O)C3(CCCC3)NC2C)CC1. The van der Waals surface area contributed by atoms with Gasteiger partial charge in [-0.05, 0) is 44.4 Å². The molecule has 0 aromatic heterocycles. The van der Waals surface area contributed by atoms with Gasteiger partial charge in [0.05, 0.1) is 11.7 Å². The smallest absolute Gasteiger partial charge is 0.244 e. The van der Waals surface area contributed by atoms with Gasteiger partial charge in [-0.3, -0.25) is 10.1 Å². The molecule has 1 amide bonds. The second kappa shape index (κ2) is 3.71. The first-order valence-corrected chi connectivity index (χ1v) is 7.20. The summed E-state index contributed by atoms with van der Waals surface area (Å²) in [7, 11) is 0. The van der Waals surface area contributed by atoms with Crippen LogP contribution in [0.3, 0.4) is 0 Å². The highest BCUT2D eigenvalue weighted by molar-refractivity contribution is 5.89. The van der Waals surface area contributed by atoms with Crippen LogP contribution >= 0.6 is 0 Å².